The third-order valence-corrected chi connectivity index (χ3v) is 4.54. The van der Waals surface area contributed by atoms with Crippen molar-refractivity contribution in [2.75, 3.05) is 19.0 Å². The average Bonchev–Trinajstić information content (AvgIpc) is 2.99. The van der Waals surface area contributed by atoms with Crippen molar-refractivity contribution < 1.29 is 29.4 Å². The van der Waals surface area contributed by atoms with Crippen molar-refractivity contribution in [1.82, 2.24) is 0 Å². The van der Waals surface area contributed by atoms with E-state index in [2.05, 4.69) is 10.5 Å². The van der Waals surface area contributed by atoms with Crippen molar-refractivity contribution in [3.63, 3.8) is 0 Å². The maximum Gasteiger partial charge on any atom is 0.265 e. The Labute approximate surface area is 164 Å². The van der Waals surface area contributed by atoms with Gasteiger partial charge in [0.2, 0.25) is 0 Å². The number of aliphatic hydroxyl groups is 2. The summed E-state index contributed by atoms with van der Waals surface area (Å²) in [6.07, 6.45) is -2.09. The summed E-state index contributed by atoms with van der Waals surface area (Å²) in [6.45, 7) is 4.81. The molecule has 0 aliphatic heterocycles. The fourth-order valence-electron chi connectivity index (χ4n) is 3.15. The number of ketones is 1. The van der Waals surface area contributed by atoms with E-state index in [0.29, 0.717) is 18.5 Å². The van der Waals surface area contributed by atoms with Gasteiger partial charge in [-0.15, -0.1) is 0 Å². The Morgan fingerprint density at radius 2 is 1.89 bits per heavy atom. The number of aliphatic hydroxyl groups excluding tert-OH is 2. The van der Waals surface area contributed by atoms with E-state index in [-0.39, 0.29) is 24.0 Å². The van der Waals surface area contributed by atoms with Crippen LogP contribution in [0.15, 0.2) is 23.4 Å². The first-order chi connectivity index (χ1) is 13.2. The van der Waals surface area contributed by atoms with Gasteiger partial charge in [-0.2, -0.15) is 0 Å². The Balaban J connectivity index is 1.99. The van der Waals surface area contributed by atoms with Crippen LogP contribution in [0.1, 0.15) is 31.9 Å². The topological polar surface area (TPSA) is 117 Å². The molecule has 0 unspecified atom stereocenters. The summed E-state index contributed by atoms with van der Waals surface area (Å²) in [7, 11) is 1.47. The number of nitrogens with zero attached hydrogens (tertiary/aromatic N) is 1. The van der Waals surface area contributed by atoms with E-state index in [0.717, 1.165) is 11.1 Å². The number of carbonyl (C=O) groups is 2. The zero-order valence-electron chi connectivity index (χ0n) is 16.6. The van der Waals surface area contributed by atoms with Gasteiger partial charge in [0.15, 0.2) is 6.61 Å². The first kappa shape index (κ1) is 22.0. The van der Waals surface area contributed by atoms with E-state index < -0.39 is 24.2 Å². The number of ether oxygens (including phenoxy) is 1. The highest BCUT2D eigenvalue weighted by molar-refractivity contribution is 5.94. The van der Waals surface area contributed by atoms with Crippen LogP contribution >= 0.6 is 0 Å². The molecule has 0 spiro atoms. The molecule has 0 bridgehead atoms. The van der Waals surface area contributed by atoms with Gasteiger partial charge in [-0.3, -0.25) is 9.59 Å². The maximum absolute atomic E-state index is 12.1. The van der Waals surface area contributed by atoms with Gasteiger partial charge in [0, 0.05) is 25.6 Å². The normalized spacial score (nSPS) is 17.2. The lowest BCUT2D eigenvalue weighted by atomic mass is 9.96. The van der Waals surface area contributed by atoms with Gasteiger partial charge in [-0.05, 0) is 36.1 Å². The van der Waals surface area contributed by atoms with E-state index in [4.69, 9.17) is 9.57 Å². The molecule has 1 aromatic rings. The van der Waals surface area contributed by atoms with Gasteiger partial charge >= 0.3 is 0 Å². The zero-order valence-corrected chi connectivity index (χ0v) is 16.6. The molecule has 1 aliphatic carbocycles. The lowest BCUT2D eigenvalue weighted by Crippen LogP contribution is -2.42. The van der Waals surface area contributed by atoms with E-state index in [1.54, 1.807) is 12.1 Å². The molecule has 2 rings (SSSR count). The van der Waals surface area contributed by atoms with Crippen LogP contribution in [0, 0.1) is 5.92 Å². The third-order valence-electron chi connectivity index (χ3n) is 4.54. The van der Waals surface area contributed by atoms with Crippen LogP contribution in [0.4, 0.5) is 5.69 Å². The van der Waals surface area contributed by atoms with Crippen molar-refractivity contribution >= 4 is 23.1 Å². The number of methoxy groups -OCH3 is 1. The summed E-state index contributed by atoms with van der Waals surface area (Å²) < 4.78 is 5.34. The fraction of sp³-hybridized carbons (Fsp3) is 0.550. The summed E-state index contributed by atoms with van der Waals surface area (Å²) in [4.78, 5) is 28.7. The first-order valence-electron chi connectivity index (χ1n) is 9.25. The fourth-order valence-corrected chi connectivity index (χ4v) is 3.15. The quantitative estimate of drug-likeness (QED) is 0.428. The molecular formula is C20H28N2O6. The lowest BCUT2D eigenvalue weighted by Gasteiger charge is -2.25. The predicted molar refractivity (Wildman–Crippen MR) is 104 cm³/mol. The van der Waals surface area contributed by atoms with Crippen LogP contribution < -0.4 is 5.32 Å². The van der Waals surface area contributed by atoms with Gasteiger partial charge in [-0.25, -0.2) is 0 Å². The Kier molecular flexibility index (Phi) is 7.68. The smallest absolute Gasteiger partial charge is 0.265 e. The standard InChI is InChI=1S/C20H28N2O6/c1-11(2)20(27-4)18(19(26)12(3)23)22-28-10-17(25)21-15-6-5-13-8-16(24)9-14(13)7-15/h5-7,11-12,19-20,23,26H,8-10H2,1-4H3,(H,21,25)/b22-18+/t12-,19+,20+/m1/s1. The van der Waals surface area contributed by atoms with Crippen LogP contribution in [0.2, 0.25) is 0 Å². The Hall–Kier alpha value is -2.29. The van der Waals surface area contributed by atoms with Crippen LogP contribution in [-0.4, -0.2) is 59.6 Å². The molecule has 1 aromatic carbocycles. The first-order valence-corrected chi connectivity index (χ1v) is 9.25. The molecular weight excluding hydrogens is 364 g/mol. The SMILES string of the molecule is CO[C@H](/C(=N/OCC(=O)Nc1ccc2c(c1)CC(=O)C2)[C@@H](O)[C@@H](C)O)C(C)C. The van der Waals surface area contributed by atoms with Crippen molar-refractivity contribution in [3.8, 4) is 0 Å². The molecule has 0 fully saturated rings. The largest absolute Gasteiger partial charge is 0.390 e. The number of anilines is 1. The average molecular weight is 392 g/mol. The van der Waals surface area contributed by atoms with Crippen molar-refractivity contribution in [2.24, 2.45) is 11.1 Å². The van der Waals surface area contributed by atoms with Crippen molar-refractivity contribution in [1.29, 1.82) is 0 Å². The number of hydrogen-bond donors (Lipinski definition) is 3. The highest BCUT2D eigenvalue weighted by Gasteiger charge is 2.29. The van der Waals surface area contributed by atoms with E-state index >= 15 is 0 Å². The van der Waals surface area contributed by atoms with Gasteiger partial charge in [0.05, 0.1) is 6.10 Å². The molecule has 1 aliphatic rings. The minimum atomic E-state index is -1.27. The number of Topliss-reactive ketones (excluding diaryl/α,β-unsaturated/α-hetero) is 1. The number of carbonyl (C=O) groups excluding carboxylic acids is 2. The van der Waals surface area contributed by atoms with Crippen molar-refractivity contribution in [2.45, 2.75) is 51.9 Å². The number of hydrogen-bond acceptors (Lipinski definition) is 7. The number of nitrogens with one attached hydrogen (secondary N) is 1. The maximum atomic E-state index is 12.1. The molecule has 28 heavy (non-hydrogen) atoms. The molecule has 0 heterocycles. The Morgan fingerprint density at radius 3 is 2.50 bits per heavy atom. The minimum absolute atomic E-state index is 0.0244. The van der Waals surface area contributed by atoms with Crippen molar-refractivity contribution in [3.05, 3.63) is 29.3 Å². The molecule has 8 nitrogen and oxygen atoms in total. The molecule has 0 saturated heterocycles. The zero-order chi connectivity index (χ0) is 20.8. The highest BCUT2D eigenvalue weighted by atomic mass is 16.6. The number of benzene rings is 1. The second kappa shape index (κ2) is 9.77. The van der Waals surface area contributed by atoms with E-state index in [1.807, 2.05) is 19.9 Å². The van der Waals surface area contributed by atoms with E-state index in [9.17, 15) is 19.8 Å². The summed E-state index contributed by atoms with van der Waals surface area (Å²) in [5, 5.41) is 26.4. The second-order valence-electron chi connectivity index (χ2n) is 7.30. The second-order valence-corrected chi connectivity index (χ2v) is 7.30. The summed E-state index contributed by atoms with van der Waals surface area (Å²) in [5.74, 6) is -0.292. The number of fused-ring (bicyclic) bond motifs is 1. The van der Waals surface area contributed by atoms with Crippen LogP contribution in [0.5, 0.6) is 0 Å². The van der Waals surface area contributed by atoms with Gasteiger partial charge < -0.3 is 25.1 Å². The van der Waals surface area contributed by atoms with E-state index in [1.165, 1.54) is 14.0 Å². The Bertz CT molecular complexity index is 744. The highest BCUT2D eigenvalue weighted by Crippen LogP contribution is 2.23. The number of oxime groups is 1. The van der Waals surface area contributed by atoms with Crippen LogP contribution in [-0.2, 0) is 32.0 Å². The molecule has 0 radical (unpaired) electrons. The molecule has 0 aromatic heterocycles. The van der Waals surface area contributed by atoms with Gasteiger partial charge in [0.25, 0.3) is 5.91 Å². The lowest BCUT2D eigenvalue weighted by molar-refractivity contribution is -0.120. The van der Waals surface area contributed by atoms with Crippen LogP contribution in [0.25, 0.3) is 0 Å². The summed E-state index contributed by atoms with van der Waals surface area (Å²) >= 11 is 0. The monoisotopic (exact) mass is 392 g/mol. The van der Waals surface area contributed by atoms with Crippen LogP contribution in [0.3, 0.4) is 0 Å². The summed E-state index contributed by atoms with van der Waals surface area (Å²) in [5.41, 5.74) is 2.60. The molecule has 0 saturated carbocycles. The third kappa shape index (κ3) is 5.60. The molecule has 3 atom stereocenters. The Morgan fingerprint density at radius 1 is 1.21 bits per heavy atom. The summed E-state index contributed by atoms with van der Waals surface area (Å²) in [6, 6.07) is 5.35. The molecule has 3 N–H and O–H groups in total. The molecule has 154 valence electrons. The minimum Gasteiger partial charge on any atom is -0.390 e. The van der Waals surface area contributed by atoms with Gasteiger partial charge in [0.1, 0.15) is 23.7 Å². The molecule has 1 amide bonds. The predicted octanol–water partition coefficient (Wildman–Crippen LogP) is 1.08. The van der Waals surface area contributed by atoms with Gasteiger partial charge in [-0.1, -0.05) is 25.1 Å². The number of amides is 1. The number of rotatable bonds is 9. The molecule has 8 heteroatoms.